The fourth-order valence-corrected chi connectivity index (χ4v) is 3.34. The van der Waals surface area contributed by atoms with Gasteiger partial charge >= 0.3 is 0 Å². The number of anilines is 2. The van der Waals surface area contributed by atoms with Gasteiger partial charge in [-0.1, -0.05) is 0 Å². The second kappa shape index (κ2) is 5.34. The molecule has 0 bridgehead atoms. The molecular formula is C16H17FN4O2. The van der Waals surface area contributed by atoms with Crippen molar-refractivity contribution in [3.63, 3.8) is 0 Å². The van der Waals surface area contributed by atoms with Crippen LogP contribution in [0.1, 0.15) is 34.0 Å². The normalized spacial score (nSPS) is 19.6. The SMILES string of the molecule is Nc1nn(C(=O)C2CCNc3ccc(F)cc32)c2c1COCC2. The van der Waals surface area contributed by atoms with Crippen LogP contribution < -0.4 is 11.1 Å². The number of benzene rings is 1. The largest absolute Gasteiger partial charge is 0.385 e. The number of nitrogens with one attached hydrogen (secondary N) is 1. The first-order valence-electron chi connectivity index (χ1n) is 7.66. The second-order valence-corrected chi connectivity index (χ2v) is 5.86. The summed E-state index contributed by atoms with van der Waals surface area (Å²) in [7, 11) is 0. The number of nitrogens with zero attached hydrogens (tertiary/aromatic N) is 2. The summed E-state index contributed by atoms with van der Waals surface area (Å²) in [5.74, 6) is -0.594. The van der Waals surface area contributed by atoms with E-state index in [4.69, 9.17) is 10.5 Å². The lowest BCUT2D eigenvalue weighted by Gasteiger charge is -2.26. The van der Waals surface area contributed by atoms with Crippen LogP contribution in [0.2, 0.25) is 0 Å². The summed E-state index contributed by atoms with van der Waals surface area (Å²) in [6.07, 6.45) is 1.20. The van der Waals surface area contributed by atoms with Crippen molar-refractivity contribution in [2.75, 3.05) is 24.2 Å². The summed E-state index contributed by atoms with van der Waals surface area (Å²) in [6, 6.07) is 4.49. The van der Waals surface area contributed by atoms with Crippen molar-refractivity contribution in [3.05, 3.63) is 40.8 Å². The first kappa shape index (κ1) is 14.2. The highest BCUT2D eigenvalue weighted by Gasteiger charge is 2.32. The number of hydrogen-bond donors (Lipinski definition) is 2. The minimum Gasteiger partial charge on any atom is -0.385 e. The van der Waals surface area contributed by atoms with Crippen LogP contribution in [0.15, 0.2) is 18.2 Å². The molecule has 0 saturated carbocycles. The van der Waals surface area contributed by atoms with Gasteiger partial charge in [-0.05, 0) is 30.2 Å². The number of ether oxygens (including phenoxy) is 1. The van der Waals surface area contributed by atoms with Crippen molar-refractivity contribution in [3.8, 4) is 0 Å². The maximum atomic E-state index is 13.6. The maximum absolute atomic E-state index is 13.6. The van der Waals surface area contributed by atoms with Crippen molar-refractivity contribution in [2.24, 2.45) is 0 Å². The molecule has 0 aliphatic carbocycles. The molecular weight excluding hydrogens is 299 g/mol. The highest BCUT2D eigenvalue weighted by Crippen LogP contribution is 2.34. The highest BCUT2D eigenvalue weighted by molar-refractivity contribution is 5.89. The van der Waals surface area contributed by atoms with E-state index >= 15 is 0 Å². The van der Waals surface area contributed by atoms with Crippen molar-refractivity contribution < 1.29 is 13.9 Å². The molecule has 3 N–H and O–H groups in total. The van der Waals surface area contributed by atoms with Gasteiger partial charge in [0.05, 0.1) is 24.8 Å². The predicted octanol–water partition coefficient (Wildman–Crippen LogP) is 1.92. The zero-order chi connectivity index (χ0) is 16.0. The van der Waals surface area contributed by atoms with Gasteiger partial charge in [0.25, 0.3) is 5.91 Å². The average Bonchev–Trinajstić information content (AvgIpc) is 2.91. The molecule has 0 amide bonds. The van der Waals surface area contributed by atoms with Crippen molar-refractivity contribution in [1.82, 2.24) is 9.78 Å². The van der Waals surface area contributed by atoms with Gasteiger partial charge in [-0.2, -0.15) is 0 Å². The molecule has 2 aliphatic rings. The molecule has 23 heavy (non-hydrogen) atoms. The molecule has 0 radical (unpaired) electrons. The van der Waals surface area contributed by atoms with Gasteiger partial charge in [-0.3, -0.25) is 4.79 Å². The van der Waals surface area contributed by atoms with E-state index < -0.39 is 5.92 Å². The van der Waals surface area contributed by atoms with E-state index in [1.807, 2.05) is 0 Å². The van der Waals surface area contributed by atoms with E-state index in [2.05, 4.69) is 10.4 Å². The standard InChI is InChI=1S/C16H17FN4O2/c17-9-1-2-13-11(7-9)10(3-5-19-13)16(22)21-14-4-6-23-8-12(14)15(18)20-21/h1-2,7,10,19H,3-6,8H2,(H2,18,20). The first-order valence-corrected chi connectivity index (χ1v) is 7.66. The Hall–Kier alpha value is -2.41. The Morgan fingerprint density at radius 1 is 1.48 bits per heavy atom. The maximum Gasteiger partial charge on any atom is 0.254 e. The Bertz CT molecular complexity index is 787. The monoisotopic (exact) mass is 316 g/mol. The molecule has 1 atom stereocenters. The highest BCUT2D eigenvalue weighted by atomic mass is 19.1. The fourth-order valence-electron chi connectivity index (χ4n) is 3.34. The number of rotatable bonds is 1. The van der Waals surface area contributed by atoms with Gasteiger partial charge in [-0.15, -0.1) is 5.10 Å². The molecule has 0 saturated heterocycles. The molecule has 7 heteroatoms. The molecule has 4 rings (SSSR count). The third-order valence-electron chi connectivity index (χ3n) is 4.49. The van der Waals surface area contributed by atoms with Crippen molar-refractivity contribution in [2.45, 2.75) is 25.4 Å². The van der Waals surface area contributed by atoms with Crippen LogP contribution in [0, 0.1) is 5.82 Å². The summed E-state index contributed by atoms with van der Waals surface area (Å²) in [4.78, 5) is 13.0. The van der Waals surface area contributed by atoms with E-state index in [0.29, 0.717) is 44.0 Å². The first-order chi connectivity index (χ1) is 11.1. The molecule has 3 heterocycles. The van der Waals surface area contributed by atoms with Crippen molar-refractivity contribution >= 4 is 17.4 Å². The third-order valence-corrected chi connectivity index (χ3v) is 4.49. The number of fused-ring (bicyclic) bond motifs is 2. The van der Waals surface area contributed by atoms with Gasteiger partial charge in [0.1, 0.15) is 5.82 Å². The number of nitrogens with two attached hydrogens (primary N) is 1. The predicted molar refractivity (Wildman–Crippen MR) is 82.9 cm³/mol. The number of hydrogen-bond acceptors (Lipinski definition) is 5. The van der Waals surface area contributed by atoms with E-state index in [1.54, 1.807) is 6.07 Å². The Balaban J connectivity index is 1.75. The molecule has 1 unspecified atom stereocenters. The lowest BCUT2D eigenvalue weighted by molar-refractivity contribution is 0.0833. The van der Waals surface area contributed by atoms with Gasteiger partial charge < -0.3 is 15.8 Å². The molecule has 1 aromatic heterocycles. The molecule has 1 aromatic carbocycles. The number of carbonyl (C=O) groups excluding carboxylic acids is 1. The van der Waals surface area contributed by atoms with E-state index in [0.717, 1.165) is 16.9 Å². The Morgan fingerprint density at radius 3 is 3.22 bits per heavy atom. The number of nitrogen functional groups attached to an aromatic ring is 1. The zero-order valence-electron chi connectivity index (χ0n) is 12.5. The third kappa shape index (κ3) is 2.28. The van der Waals surface area contributed by atoms with Crippen LogP contribution in [0.25, 0.3) is 0 Å². The minimum atomic E-state index is -0.423. The summed E-state index contributed by atoms with van der Waals surface area (Å²) in [6.45, 7) is 1.59. The van der Waals surface area contributed by atoms with Crippen LogP contribution >= 0.6 is 0 Å². The number of halogens is 1. The zero-order valence-corrected chi connectivity index (χ0v) is 12.5. The van der Waals surface area contributed by atoms with Crippen LogP contribution in [0.3, 0.4) is 0 Å². The molecule has 6 nitrogen and oxygen atoms in total. The second-order valence-electron chi connectivity index (χ2n) is 5.86. The molecule has 2 aromatic rings. The summed E-state index contributed by atoms with van der Waals surface area (Å²) in [5, 5.41) is 7.41. The summed E-state index contributed by atoms with van der Waals surface area (Å²) in [5.41, 5.74) is 8.99. The smallest absolute Gasteiger partial charge is 0.254 e. The molecule has 2 aliphatic heterocycles. The lowest BCUT2D eigenvalue weighted by Crippen LogP contribution is -2.29. The van der Waals surface area contributed by atoms with Crippen LogP contribution in [-0.2, 0) is 17.8 Å². The van der Waals surface area contributed by atoms with Gasteiger partial charge in [0.2, 0.25) is 0 Å². The Morgan fingerprint density at radius 2 is 2.35 bits per heavy atom. The van der Waals surface area contributed by atoms with Crippen LogP contribution in [0.5, 0.6) is 0 Å². The van der Waals surface area contributed by atoms with E-state index in [-0.39, 0.29) is 11.7 Å². The van der Waals surface area contributed by atoms with Crippen molar-refractivity contribution in [1.29, 1.82) is 0 Å². The van der Waals surface area contributed by atoms with Gasteiger partial charge in [0, 0.05) is 24.2 Å². The molecule has 0 spiro atoms. The topological polar surface area (TPSA) is 82.2 Å². The Kier molecular flexibility index (Phi) is 3.30. The quantitative estimate of drug-likeness (QED) is 0.840. The average molecular weight is 316 g/mol. The minimum absolute atomic E-state index is 0.159. The fraction of sp³-hybridized carbons (Fsp3) is 0.375. The van der Waals surface area contributed by atoms with Crippen LogP contribution in [-0.4, -0.2) is 28.8 Å². The van der Waals surface area contributed by atoms with Gasteiger partial charge in [0.15, 0.2) is 5.82 Å². The number of aromatic nitrogens is 2. The summed E-state index contributed by atoms with van der Waals surface area (Å²) >= 11 is 0. The summed E-state index contributed by atoms with van der Waals surface area (Å²) < 4.78 is 20.4. The van der Waals surface area contributed by atoms with Gasteiger partial charge in [-0.25, -0.2) is 9.07 Å². The van der Waals surface area contributed by atoms with Crippen LogP contribution in [0.4, 0.5) is 15.9 Å². The van der Waals surface area contributed by atoms with E-state index in [1.165, 1.54) is 16.8 Å². The lowest BCUT2D eigenvalue weighted by atomic mass is 9.90. The Labute approximate surface area is 132 Å². The van der Waals surface area contributed by atoms with E-state index in [9.17, 15) is 9.18 Å². The molecule has 0 fully saturated rings. The number of carbonyl (C=O) groups is 1. The molecule has 120 valence electrons.